The summed E-state index contributed by atoms with van der Waals surface area (Å²) >= 11 is 3.07. The number of hydrogen-bond acceptors (Lipinski definition) is 5. The first-order valence-corrected chi connectivity index (χ1v) is 7.12. The standard InChI is InChI=1S/C11H12N2O2S2/c1-3-7-13-6-5-12-8(11(14)15)10(16-4-2)9(6)17-7/h5H,3-4H2,1-2H3,(H,14,15). The fourth-order valence-electron chi connectivity index (χ4n) is 1.50. The van der Waals surface area contributed by atoms with Crippen molar-refractivity contribution < 1.29 is 9.90 Å². The number of thioether (sulfide) groups is 1. The first-order valence-electron chi connectivity index (χ1n) is 5.31. The Labute approximate surface area is 107 Å². The second kappa shape index (κ2) is 5.01. The molecular weight excluding hydrogens is 256 g/mol. The van der Waals surface area contributed by atoms with E-state index in [1.54, 1.807) is 17.5 Å². The van der Waals surface area contributed by atoms with Crippen molar-refractivity contribution in [2.24, 2.45) is 0 Å². The monoisotopic (exact) mass is 268 g/mol. The molecule has 2 rings (SSSR count). The van der Waals surface area contributed by atoms with E-state index >= 15 is 0 Å². The van der Waals surface area contributed by atoms with E-state index < -0.39 is 5.97 Å². The second-order valence-electron chi connectivity index (χ2n) is 3.35. The lowest BCUT2D eigenvalue weighted by Crippen LogP contribution is -2.02. The number of aromatic carboxylic acids is 1. The van der Waals surface area contributed by atoms with E-state index in [-0.39, 0.29) is 5.69 Å². The number of thiazole rings is 1. The zero-order valence-corrected chi connectivity index (χ0v) is 11.2. The van der Waals surface area contributed by atoms with Crippen LogP contribution in [0.25, 0.3) is 10.2 Å². The molecule has 1 N–H and O–H groups in total. The van der Waals surface area contributed by atoms with Crippen LogP contribution in [0.5, 0.6) is 0 Å². The molecule has 0 atom stereocenters. The van der Waals surface area contributed by atoms with Gasteiger partial charge in [-0.15, -0.1) is 23.1 Å². The highest BCUT2D eigenvalue weighted by atomic mass is 32.2. The molecule has 90 valence electrons. The van der Waals surface area contributed by atoms with E-state index in [0.29, 0.717) is 0 Å². The van der Waals surface area contributed by atoms with E-state index in [1.807, 2.05) is 13.8 Å². The highest BCUT2D eigenvalue weighted by molar-refractivity contribution is 7.99. The first kappa shape index (κ1) is 12.3. The predicted molar refractivity (Wildman–Crippen MR) is 70.2 cm³/mol. The minimum absolute atomic E-state index is 0.135. The Kier molecular flexibility index (Phi) is 3.63. The van der Waals surface area contributed by atoms with Crippen molar-refractivity contribution in [1.29, 1.82) is 0 Å². The van der Waals surface area contributed by atoms with E-state index in [2.05, 4.69) is 9.97 Å². The molecule has 0 aliphatic rings. The van der Waals surface area contributed by atoms with Crippen LogP contribution in [0.4, 0.5) is 0 Å². The van der Waals surface area contributed by atoms with Gasteiger partial charge in [0.15, 0.2) is 5.69 Å². The van der Waals surface area contributed by atoms with Gasteiger partial charge >= 0.3 is 5.97 Å². The summed E-state index contributed by atoms with van der Waals surface area (Å²) in [7, 11) is 0. The van der Waals surface area contributed by atoms with Crippen LogP contribution in [-0.2, 0) is 6.42 Å². The minimum atomic E-state index is -0.978. The van der Waals surface area contributed by atoms with Gasteiger partial charge in [0.25, 0.3) is 0 Å². The number of carbonyl (C=O) groups is 1. The summed E-state index contributed by atoms with van der Waals surface area (Å²) in [6.07, 6.45) is 2.41. The summed E-state index contributed by atoms with van der Waals surface area (Å²) in [4.78, 5) is 20.3. The molecule has 2 aromatic rings. The lowest BCUT2D eigenvalue weighted by atomic mass is 10.3. The van der Waals surface area contributed by atoms with Crippen LogP contribution < -0.4 is 0 Å². The van der Waals surface area contributed by atoms with Gasteiger partial charge in [-0.1, -0.05) is 13.8 Å². The Morgan fingerprint density at radius 2 is 2.29 bits per heavy atom. The van der Waals surface area contributed by atoms with Crippen LogP contribution in [0.1, 0.15) is 29.3 Å². The fourth-order valence-corrected chi connectivity index (χ4v) is 3.52. The lowest BCUT2D eigenvalue weighted by molar-refractivity contribution is 0.0687. The Hall–Kier alpha value is -1.14. The quantitative estimate of drug-likeness (QED) is 0.863. The van der Waals surface area contributed by atoms with Gasteiger partial charge in [-0.05, 0) is 12.2 Å². The van der Waals surface area contributed by atoms with Crippen molar-refractivity contribution in [3.8, 4) is 0 Å². The maximum absolute atomic E-state index is 11.1. The molecule has 2 aromatic heterocycles. The van der Waals surface area contributed by atoms with Crippen molar-refractivity contribution in [1.82, 2.24) is 9.97 Å². The topological polar surface area (TPSA) is 63.1 Å². The summed E-state index contributed by atoms with van der Waals surface area (Å²) < 4.78 is 0.945. The molecule has 0 unspecified atom stereocenters. The van der Waals surface area contributed by atoms with E-state index in [4.69, 9.17) is 5.11 Å². The Morgan fingerprint density at radius 3 is 2.88 bits per heavy atom. The smallest absolute Gasteiger partial charge is 0.355 e. The van der Waals surface area contributed by atoms with Crippen molar-refractivity contribution in [2.75, 3.05) is 5.75 Å². The average molecular weight is 268 g/mol. The molecule has 0 aliphatic heterocycles. The molecule has 0 fully saturated rings. The molecule has 0 spiro atoms. The third-order valence-electron chi connectivity index (χ3n) is 2.23. The maximum Gasteiger partial charge on any atom is 0.355 e. The van der Waals surface area contributed by atoms with Gasteiger partial charge in [-0.2, -0.15) is 0 Å². The Balaban J connectivity index is 2.68. The summed E-state index contributed by atoms with van der Waals surface area (Å²) in [6, 6.07) is 0. The van der Waals surface area contributed by atoms with Crippen molar-refractivity contribution in [3.05, 3.63) is 16.9 Å². The molecule has 2 heterocycles. The predicted octanol–water partition coefficient (Wildman–Crippen LogP) is 3.06. The molecule has 0 radical (unpaired) electrons. The van der Waals surface area contributed by atoms with E-state index in [0.717, 1.165) is 32.3 Å². The zero-order valence-electron chi connectivity index (χ0n) is 9.56. The fraction of sp³-hybridized carbons (Fsp3) is 0.364. The second-order valence-corrected chi connectivity index (χ2v) is 5.71. The molecular formula is C11H12N2O2S2. The highest BCUT2D eigenvalue weighted by Gasteiger charge is 2.17. The van der Waals surface area contributed by atoms with E-state index in [9.17, 15) is 4.79 Å². The number of fused-ring (bicyclic) bond motifs is 1. The highest BCUT2D eigenvalue weighted by Crippen LogP contribution is 2.34. The van der Waals surface area contributed by atoms with Crippen LogP contribution in [0.3, 0.4) is 0 Å². The van der Waals surface area contributed by atoms with Gasteiger partial charge in [-0.25, -0.2) is 14.8 Å². The number of hydrogen-bond donors (Lipinski definition) is 1. The van der Waals surface area contributed by atoms with Gasteiger partial charge in [-0.3, -0.25) is 0 Å². The largest absolute Gasteiger partial charge is 0.476 e. The molecule has 0 bridgehead atoms. The molecule has 4 nitrogen and oxygen atoms in total. The van der Waals surface area contributed by atoms with Crippen molar-refractivity contribution in [2.45, 2.75) is 25.2 Å². The van der Waals surface area contributed by atoms with Crippen molar-refractivity contribution in [3.63, 3.8) is 0 Å². The number of nitrogens with zero attached hydrogens (tertiary/aromatic N) is 2. The third-order valence-corrected chi connectivity index (χ3v) is 4.57. The van der Waals surface area contributed by atoms with Gasteiger partial charge < -0.3 is 5.11 Å². The minimum Gasteiger partial charge on any atom is -0.476 e. The summed E-state index contributed by atoms with van der Waals surface area (Å²) in [6.45, 7) is 4.03. The van der Waals surface area contributed by atoms with E-state index in [1.165, 1.54) is 11.8 Å². The Morgan fingerprint density at radius 1 is 1.53 bits per heavy atom. The SMILES string of the molecule is CCSc1c(C(=O)O)ncc2nc(CC)sc12. The summed E-state index contributed by atoms with van der Waals surface area (Å²) in [5.41, 5.74) is 0.934. The van der Waals surface area contributed by atoms with Gasteiger partial charge in [0.2, 0.25) is 0 Å². The summed E-state index contributed by atoms with van der Waals surface area (Å²) in [5, 5.41) is 10.1. The lowest BCUT2D eigenvalue weighted by Gasteiger charge is -2.03. The maximum atomic E-state index is 11.1. The molecule has 0 saturated heterocycles. The van der Waals surface area contributed by atoms with Gasteiger partial charge in [0.05, 0.1) is 20.8 Å². The molecule has 0 amide bonds. The van der Waals surface area contributed by atoms with Crippen molar-refractivity contribution >= 4 is 39.3 Å². The number of rotatable bonds is 4. The number of aryl methyl sites for hydroxylation is 1. The normalized spacial score (nSPS) is 10.9. The number of carboxylic acid groups (broad SMARTS) is 1. The molecule has 0 aromatic carbocycles. The average Bonchev–Trinajstić information content (AvgIpc) is 2.72. The van der Waals surface area contributed by atoms with Crippen LogP contribution in [0.15, 0.2) is 11.1 Å². The van der Waals surface area contributed by atoms with Crippen LogP contribution in [0.2, 0.25) is 0 Å². The van der Waals surface area contributed by atoms with Crippen LogP contribution in [0, 0.1) is 0 Å². The van der Waals surface area contributed by atoms with Crippen LogP contribution in [-0.4, -0.2) is 26.8 Å². The van der Waals surface area contributed by atoms with Gasteiger partial charge in [0.1, 0.15) is 5.52 Å². The first-order chi connectivity index (χ1) is 8.17. The number of pyridine rings is 1. The number of aromatic nitrogens is 2. The van der Waals surface area contributed by atoms with Crippen LogP contribution >= 0.6 is 23.1 Å². The molecule has 17 heavy (non-hydrogen) atoms. The number of carboxylic acids is 1. The summed E-state index contributed by atoms with van der Waals surface area (Å²) in [5.74, 6) is -0.158. The molecule has 6 heteroatoms. The Bertz CT molecular complexity index is 566. The molecule has 0 saturated carbocycles. The zero-order chi connectivity index (χ0) is 12.4. The van der Waals surface area contributed by atoms with Gasteiger partial charge in [0, 0.05) is 0 Å². The third kappa shape index (κ3) is 2.28. The molecule has 0 aliphatic carbocycles.